The van der Waals surface area contributed by atoms with Crippen molar-refractivity contribution in [3.63, 3.8) is 0 Å². The summed E-state index contributed by atoms with van der Waals surface area (Å²) in [5, 5.41) is 15.9. The second kappa shape index (κ2) is 9.76. The van der Waals surface area contributed by atoms with Crippen LogP contribution in [0.3, 0.4) is 0 Å². The van der Waals surface area contributed by atoms with Crippen molar-refractivity contribution in [2.45, 2.75) is 46.1 Å². The molecule has 0 saturated carbocycles. The Labute approximate surface area is 182 Å². The molecule has 0 bridgehead atoms. The van der Waals surface area contributed by atoms with Crippen molar-refractivity contribution in [1.82, 2.24) is 25.1 Å². The number of benzene rings is 1. The smallest absolute Gasteiger partial charge is 0.223 e. The van der Waals surface area contributed by atoms with Crippen molar-refractivity contribution in [2.24, 2.45) is 5.92 Å². The van der Waals surface area contributed by atoms with Gasteiger partial charge in [-0.15, -0.1) is 15.3 Å². The molecule has 3 aromatic rings. The Kier molecular flexibility index (Phi) is 6.64. The molecule has 1 aliphatic heterocycles. The van der Waals surface area contributed by atoms with Gasteiger partial charge >= 0.3 is 0 Å². The maximum Gasteiger partial charge on any atom is 0.223 e. The average molecular weight is 423 g/mol. The number of piperidine rings is 1. The van der Waals surface area contributed by atoms with Crippen molar-refractivity contribution in [2.75, 3.05) is 24.6 Å². The van der Waals surface area contributed by atoms with Gasteiger partial charge in [0.2, 0.25) is 5.91 Å². The number of amides is 1. The van der Waals surface area contributed by atoms with Crippen molar-refractivity contribution >= 4 is 17.4 Å². The van der Waals surface area contributed by atoms with Gasteiger partial charge in [0, 0.05) is 25.6 Å². The normalized spacial score (nSPS) is 14.7. The van der Waals surface area contributed by atoms with Gasteiger partial charge in [-0.25, -0.2) is 0 Å². The quantitative estimate of drug-likeness (QED) is 0.562. The first-order chi connectivity index (χ1) is 15.1. The van der Waals surface area contributed by atoms with Gasteiger partial charge < -0.3 is 15.0 Å². The van der Waals surface area contributed by atoms with Crippen molar-refractivity contribution in [1.29, 1.82) is 0 Å². The standard InChI is InChI=1S/C23H30N6O2/c1-3-4-15-31-20-7-5-18(6-8-20)16-24-23(30)19-11-13-28(14-12-19)22-10-9-21-26-25-17(2)29(21)27-22/h5-10,19H,3-4,11-16H2,1-2H3,(H,24,30). The summed E-state index contributed by atoms with van der Waals surface area (Å²) < 4.78 is 7.45. The maximum atomic E-state index is 12.7. The number of nitrogens with zero attached hydrogens (tertiary/aromatic N) is 5. The van der Waals surface area contributed by atoms with E-state index in [0.717, 1.165) is 74.0 Å². The van der Waals surface area contributed by atoms with Gasteiger partial charge in [-0.3, -0.25) is 4.79 Å². The molecule has 0 atom stereocenters. The van der Waals surface area contributed by atoms with Crippen LogP contribution in [0.4, 0.5) is 5.82 Å². The first-order valence-corrected chi connectivity index (χ1v) is 11.1. The number of aryl methyl sites for hydroxylation is 1. The summed E-state index contributed by atoms with van der Waals surface area (Å²) in [4.78, 5) is 14.9. The van der Waals surface area contributed by atoms with Crippen LogP contribution in [0, 0.1) is 12.8 Å². The van der Waals surface area contributed by atoms with Crippen LogP contribution >= 0.6 is 0 Å². The van der Waals surface area contributed by atoms with Crippen molar-refractivity contribution < 1.29 is 9.53 Å². The number of fused-ring (bicyclic) bond motifs is 1. The number of anilines is 1. The van der Waals surface area contributed by atoms with E-state index in [1.54, 1.807) is 4.52 Å². The molecule has 0 radical (unpaired) electrons. The van der Waals surface area contributed by atoms with E-state index in [2.05, 4.69) is 32.4 Å². The van der Waals surface area contributed by atoms with Crippen molar-refractivity contribution in [3.05, 3.63) is 47.8 Å². The molecule has 1 saturated heterocycles. The third kappa shape index (κ3) is 5.13. The van der Waals surface area contributed by atoms with Gasteiger partial charge in [-0.2, -0.15) is 4.52 Å². The van der Waals surface area contributed by atoms with Crippen LogP contribution in [0.15, 0.2) is 36.4 Å². The lowest BCUT2D eigenvalue weighted by Crippen LogP contribution is -2.40. The number of aromatic nitrogens is 4. The summed E-state index contributed by atoms with van der Waals surface area (Å²) in [6.07, 6.45) is 3.81. The highest BCUT2D eigenvalue weighted by atomic mass is 16.5. The zero-order chi connectivity index (χ0) is 21.6. The van der Waals surface area contributed by atoms with Crippen LogP contribution in [0.5, 0.6) is 5.75 Å². The van der Waals surface area contributed by atoms with E-state index in [4.69, 9.17) is 4.74 Å². The highest BCUT2D eigenvalue weighted by molar-refractivity contribution is 5.79. The van der Waals surface area contributed by atoms with E-state index < -0.39 is 0 Å². The Morgan fingerprint density at radius 1 is 1.13 bits per heavy atom. The largest absolute Gasteiger partial charge is 0.494 e. The molecule has 1 fully saturated rings. The Hall–Kier alpha value is -3.16. The van der Waals surface area contributed by atoms with E-state index in [0.29, 0.717) is 6.54 Å². The van der Waals surface area contributed by atoms with Gasteiger partial charge in [-0.1, -0.05) is 25.5 Å². The van der Waals surface area contributed by atoms with Crippen molar-refractivity contribution in [3.8, 4) is 5.75 Å². The van der Waals surface area contributed by atoms with Crippen LogP contribution < -0.4 is 15.0 Å². The summed E-state index contributed by atoms with van der Waals surface area (Å²) in [5.41, 5.74) is 1.83. The molecule has 3 heterocycles. The number of hydrogen-bond acceptors (Lipinski definition) is 6. The molecule has 0 unspecified atom stereocenters. The van der Waals surface area contributed by atoms with E-state index >= 15 is 0 Å². The second-order valence-corrected chi connectivity index (χ2v) is 8.03. The zero-order valence-corrected chi connectivity index (χ0v) is 18.3. The summed E-state index contributed by atoms with van der Waals surface area (Å²) in [6, 6.07) is 11.9. The van der Waals surface area contributed by atoms with Crippen LogP contribution in [0.1, 0.15) is 44.0 Å². The van der Waals surface area contributed by atoms with Crippen LogP contribution in [0.25, 0.3) is 5.65 Å². The molecule has 1 amide bonds. The van der Waals surface area contributed by atoms with Gasteiger partial charge in [0.05, 0.1) is 6.61 Å². The lowest BCUT2D eigenvalue weighted by atomic mass is 9.96. The molecule has 1 aromatic carbocycles. The highest BCUT2D eigenvalue weighted by Gasteiger charge is 2.25. The van der Waals surface area contributed by atoms with Crippen LogP contribution in [-0.4, -0.2) is 45.4 Å². The number of rotatable bonds is 8. The summed E-state index contributed by atoms with van der Waals surface area (Å²) >= 11 is 0. The SMILES string of the molecule is CCCCOc1ccc(CNC(=O)C2CCN(c3ccc4nnc(C)n4n3)CC2)cc1. The monoisotopic (exact) mass is 422 g/mol. The molecule has 8 heteroatoms. The third-order valence-electron chi connectivity index (χ3n) is 5.75. The number of ether oxygens (including phenoxy) is 1. The second-order valence-electron chi connectivity index (χ2n) is 8.03. The van der Waals surface area contributed by atoms with Gasteiger partial charge in [-0.05, 0) is 56.0 Å². The lowest BCUT2D eigenvalue weighted by molar-refractivity contribution is -0.125. The lowest BCUT2D eigenvalue weighted by Gasteiger charge is -2.32. The molecule has 8 nitrogen and oxygen atoms in total. The van der Waals surface area contributed by atoms with Gasteiger partial charge in [0.15, 0.2) is 11.5 Å². The molecular weight excluding hydrogens is 392 g/mol. The van der Waals surface area contributed by atoms with Gasteiger partial charge in [0.1, 0.15) is 11.6 Å². The maximum absolute atomic E-state index is 12.7. The molecule has 31 heavy (non-hydrogen) atoms. The van der Waals surface area contributed by atoms with E-state index in [9.17, 15) is 4.79 Å². The first kappa shape index (κ1) is 21.1. The number of carbonyl (C=O) groups is 1. The fourth-order valence-electron chi connectivity index (χ4n) is 3.80. The first-order valence-electron chi connectivity index (χ1n) is 11.1. The third-order valence-corrected chi connectivity index (χ3v) is 5.75. The summed E-state index contributed by atoms with van der Waals surface area (Å²) in [7, 11) is 0. The molecule has 2 aromatic heterocycles. The van der Waals surface area contributed by atoms with E-state index in [1.165, 1.54) is 0 Å². The molecule has 4 rings (SSSR count). The predicted molar refractivity (Wildman–Crippen MR) is 119 cm³/mol. The van der Waals surface area contributed by atoms with Gasteiger partial charge in [0.25, 0.3) is 0 Å². The van der Waals surface area contributed by atoms with E-state index in [-0.39, 0.29) is 11.8 Å². The summed E-state index contributed by atoms with van der Waals surface area (Å²) in [6.45, 7) is 6.94. The predicted octanol–water partition coefficient (Wildman–Crippen LogP) is 3.14. The number of carbonyl (C=O) groups excluding carboxylic acids is 1. The van der Waals surface area contributed by atoms with Crippen LogP contribution in [-0.2, 0) is 11.3 Å². The Morgan fingerprint density at radius 2 is 1.90 bits per heavy atom. The Bertz CT molecular complexity index is 1010. The number of nitrogens with one attached hydrogen (secondary N) is 1. The minimum Gasteiger partial charge on any atom is -0.494 e. The minimum absolute atomic E-state index is 0.0354. The molecule has 1 N–H and O–H groups in total. The number of hydrogen-bond donors (Lipinski definition) is 1. The summed E-state index contributed by atoms with van der Waals surface area (Å²) in [5.74, 6) is 2.71. The zero-order valence-electron chi connectivity index (χ0n) is 18.3. The van der Waals surface area contributed by atoms with E-state index in [1.807, 2.05) is 43.3 Å². The molecular formula is C23H30N6O2. The molecule has 164 valence electrons. The fraction of sp³-hybridized carbons (Fsp3) is 0.478. The molecule has 1 aliphatic rings. The molecule has 0 aliphatic carbocycles. The minimum atomic E-state index is 0.0354. The Morgan fingerprint density at radius 3 is 2.65 bits per heavy atom. The highest BCUT2D eigenvalue weighted by Crippen LogP contribution is 2.22. The topological polar surface area (TPSA) is 84.6 Å². The molecule has 0 spiro atoms. The number of unbranched alkanes of at least 4 members (excludes halogenated alkanes) is 1. The average Bonchev–Trinajstić information content (AvgIpc) is 3.18. The van der Waals surface area contributed by atoms with Crippen LogP contribution in [0.2, 0.25) is 0 Å². The Balaban J connectivity index is 1.25. The fourth-order valence-corrected chi connectivity index (χ4v) is 3.80.